The summed E-state index contributed by atoms with van der Waals surface area (Å²) in [6.07, 6.45) is 1.82. The number of benzene rings is 1. The van der Waals surface area contributed by atoms with Gasteiger partial charge < -0.3 is 14.5 Å². The number of imidazole rings is 1. The van der Waals surface area contributed by atoms with Gasteiger partial charge in [-0.15, -0.1) is 0 Å². The number of nitrogens with one attached hydrogen (secondary N) is 1. The van der Waals surface area contributed by atoms with Crippen LogP contribution in [0.4, 0.5) is 11.6 Å². The van der Waals surface area contributed by atoms with Crippen LogP contribution < -0.4 is 5.32 Å². The molecule has 0 fully saturated rings. The van der Waals surface area contributed by atoms with Crippen LogP contribution in [0.5, 0.6) is 0 Å². The molecule has 0 aliphatic heterocycles. The summed E-state index contributed by atoms with van der Waals surface area (Å²) in [4.78, 5) is 4.36. The number of rotatable bonds is 2. The Kier molecular flexibility index (Phi) is 2.37. The van der Waals surface area contributed by atoms with E-state index in [4.69, 9.17) is 0 Å². The lowest BCUT2D eigenvalue weighted by atomic mass is 10.2. The first-order valence-corrected chi connectivity index (χ1v) is 5.96. The summed E-state index contributed by atoms with van der Waals surface area (Å²) < 4.78 is 4.15. The minimum Gasteiger partial charge on any atom is -0.336 e. The minimum absolute atomic E-state index is 0.906. The fraction of sp³-hybridized carbons (Fsp3) is 0.214. The second-order valence-electron chi connectivity index (χ2n) is 4.56. The first kappa shape index (κ1) is 10.9. The Morgan fingerprint density at radius 2 is 1.94 bits per heavy atom. The Labute approximate surface area is 106 Å². The van der Waals surface area contributed by atoms with E-state index in [0.29, 0.717) is 0 Å². The Morgan fingerprint density at radius 1 is 1.17 bits per heavy atom. The third-order valence-electron chi connectivity index (χ3n) is 3.43. The number of aryl methyl sites for hydroxylation is 2. The highest BCUT2D eigenvalue weighted by atomic mass is 15.2. The van der Waals surface area contributed by atoms with E-state index in [9.17, 15) is 0 Å². The van der Waals surface area contributed by atoms with Crippen molar-refractivity contribution < 1.29 is 0 Å². The van der Waals surface area contributed by atoms with Gasteiger partial charge in [-0.2, -0.15) is 0 Å². The molecule has 18 heavy (non-hydrogen) atoms. The molecule has 3 aromatic rings. The van der Waals surface area contributed by atoms with Crippen LogP contribution in [0.15, 0.2) is 36.7 Å². The van der Waals surface area contributed by atoms with Gasteiger partial charge in [0, 0.05) is 25.0 Å². The molecule has 1 N–H and O–H groups in total. The molecule has 0 saturated heterocycles. The molecule has 3 rings (SSSR count). The Hall–Kier alpha value is -2.23. The quantitative estimate of drug-likeness (QED) is 0.747. The zero-order valence-corrected chi connectivity index (χ0v) is 10.8. The van der Waals surface area contributed by atoms with Crippen LogP contribution in [-0.4, -0.2) is 14.1 Å². The monoisotopic (exact) mass is 240 g/mol. The maximum absolute atomic E-state index is 4.36. The first-order chi connectivity index (χ1) is 8.66. The van der Waals surface area contributed by atoms with Gasteiger partial charge in [0.2, 0.25) is 0 Å². The second-order valence-corrected chi connectivity index (χ2v) is 4.56. The van der Waals surface area contributed by atoms with Crippen molar-refractivity contribution in [2.75, 3.05) is 5.32 Å². The van der Waals surface area contributed by atoms with Crippen LogP contribution in [0.1, 0.15) is 5.69 Å². The molecule has 0 spiro atoms. The average molecular weight is 240 g/mol. The van der Waals surface area contributed by atoms with Crippen molar-refractivity contribution in [1.29, 1.82) is 0 Å². The topological polar surface area (TPSA) is 34.8 Å². The molecule has 92 valence electrons. The molecular weight excluding hydrogens is 224 g/mol. The predicted molar refractivity (Wildman–Crippen MR) is 74.1 cm³/mol. The van der Waals surface area contributed by atoms with E-state index in [2.05, 4.69) is 59.2 Å². The molecule has 0 saturated carbocycles. The molecular formula is C14H16N4. The van der Waals surface area contributed by atoms with E-state index in [1.165, 1.54) is 10.9 Å². The number of aromatic nitrogens is 3. The molecule has 4 heteroatoms. The van der Waals surface area contributed by atoms with E-state index >= 15 is 0 Å². The van der Waals surface area contributed by atoms with Crippen molar-refractivity contribution in [3.05, 3.63) is 42.4 Å². The fourth-order valence-corrected chi connectivity index (χ4v) is 2.14. The standard InChI is InChI=1S/C14H16N4/c1-10-14(15-9-17(10)2)16-13-8-11-6-4-5-7-12(11)18(13)3/h4-9,16H,1-3H3. The number of fused-ring (bicyclic) bond motifs is 1. The number of hydrogen-bond acceptors (Lipinski definition) is 2. The van der Waals surface area contributed by atoms with E-state index in [1.807, 2.05) is 17.9 Å². The van der Waals surface area contributed by atoms with Crippen LogP contribution in [-0.2, 0) is 14.1 Å². The van der Waals surface area contributed by atoms with Gasteiger partial charge in [-0.05, 0) is 19.1 Å². The number of hydrogen-bond donors (Lipinski definition) is 1. The van der Waals surface area contributed by atoms with Gasteiger partial charge >= 0.3 is 0 Å². The van der Waals surface area contributed by atoms with Crippen LogP contribution in [0, 0.1) is 6.92 Å². The zero-order valence-electron chi connectivity index (χ0n) is 10.8. The SMILES string of the molecule is Cc1c(Nc2cc3ccccc3n2C)ncn1C. The van der Waals surface area contributed by atoms with Gasteiger partial charge in [0.15, 0.2) is 5.82 Å². The molecule has 1 aromatic carbocycles. The minimum atomic E-state index is 0.906. The third-order valence-corrected chi connectivity index (χ3v) is 3.43. The molecule has 0 aliphatic carbocycles. The molecule has 0 bridgehead atoms. The van der Waals surface area contributed by atoms with Gasteiger partial charge in [0.1, 0.15) is 5.82 Å². The Morgan fingerprint density at radius 3 is 2.61 bits per heavy atom. The highest BCUT2D eigenvalue weighted by molar-refractivity contribution is 5.85. The van der Waals surface area contributed by atoms with Gasteiger partial charge in [-0.1, -0.05) is 18.2 Å². The zero-order chi connectivity index (χ0) is 12.7. The van der Waals surface area contributed by atoms with Gasteiger partial charge in [-0.25, -0.2) is 4.98 Å². The summed E-state index contributed by atoms with van der Waals surface area (Å²) in [6, 6.07) is 10.5. The number of nitrogens with zero attached hydrogens (tertiary/aromatic N) is 3. The maximum atomic E-state index is 4.36. The molecule has 4 nitrogen and oxygen atoms in total. The third kappa shape index (κ3) is 1.57. The summed E-state index contributed by atoms with van der Waals surface area (Å²) in [5, 5.41) is 4.61. The summed E-state index contributed by atoms with van der Waals surface area (Å²) >= 11 is 0. The predicted octanol–water partition coefficient (Wildman–Crippen LogP) is 2.96. The van der Waals surface area contributed by atoms with Crippen molar-refractivity contribution in [3.63, 3.8) is 0 Å². The highest BCUT2D eigenvalue weighted by Crippen LogP contribution is 2.25. The van der Waals surface area contributed by atoms with E-state index in [-0.39, 0.29) is 0 Å². The molecule has 0 amide bonds. The molecule has 2 heterocycles. The van der Waals surface area contributed by atoms with Crippen molar-refractivity contribution in [2.45, 2.75) is 6.92 Å². The van der Waals surface area contributed by atoms with Gasteiger partial charge in [0.05, 0.1) is 12.0 Å². The normalized spacial score (nSPS) is 11.1. The van der Waals surface area contributed by atoms with Crippen molar-refractivity contribution >= 4 is 22.5 Å². The first-order valence-electron chi connectivity index (χ1n) is 5.96. The molecule has 0 unspecified atom stereocenters. The Balaban J connectivity index is 2.05. The molecule has 0 aliphatic rings. The second kappa shape index (κ2) is 3.91. The lowest BCUT2D eigenvalue weighted by molar-refractivity contribution is 0.874. The van der Waals surface area contributed by atoms with Gasteiger partial charge in [0.25, 0.3) is 0 Å². The fourth-order valence-electron chi connectivity index (χ4n) is 2.14. The number of anilines is 2. The van der Waals surface area contributed by atoms with Crippen LogP contribution in [0.3, 0.4) is 0 Å². The largest absolute Gasteiger partial charge is 0.336 e. The van der Waals surface area contributed by atoms with Crippen molar-refractivity contribution in [2.24, 2.45) is 14.1 Å². The lowest BCUT2D eigenvalue weighted by Crippen LogP contribution is -1.99. The van der Waals surface area contributed by atoms with Gasteiger partial charge in [-0.3, -0.25) is 0 Å². The molecule has 0 atom stereocenters. The number of para-hydroxylation sites is 1. The molecule has 0 radical (unpaired) electrons. The summed E-state index contributed by atoms with van der Waals surface area (Å²) in [7, 11) is 4.05. The summed E-state index contributed by atoms with van der Waals surface area (Å²) in [6.45, 7) is 2.05. The van der Waals surface area contributed by atoms with Crippen molar-refractivity contribution in [3.8, 4) is 0 Å². The van der Waals surface area contributed by atoms with Crippen LogP contribution in [0.25, 0.3) is 10.9 Å². The van der Waals surface area contributed by atoms with E-state index < -0.39 is 0 Å². The maximum Gasteiger partial charge on any atom is 0.152 e. The highest BCUT2D eigenvalue weighted by Gasteiger charge is 2.08. The Bertz CT molecular complexity index is 706. The van der Waals surface area contributed by atoms with E-state index in [1.54, 1.807) is 0 Å². The van der Waals surface area contributed by atoms with Crippen LogP contribution in [0.2, 0.25) is 0 Å². The average Bonchev–Trinajstić information content (AvgIpc) is 2.86. The van der Waals surface area contributed by atoms with Crippen molar-refractivity contribution in [1.82, 2.24) is 14.1 Å². The molecule has 2 aromatic heterocycles. The summed E-state index contributed by atoms with van der Waals surface area (Å²) in [5.74, 6) is 1.96. The smallest absolute Gasteiger partial charge is 0.152 e. The summed E-state index contributed by atoms with van der Waals surface area (Å²) in [5.41, 5.74) is 2.34. The lowest BCUT2D eigenvalue weighted by Gasteiger charge is -2.06. The van der Waals surface area contributed by atoms with E-state index in [0.717, 1.165) is 17.3 Å². The van der Waals surface area contributed by atoms with Crippen LogP contribution >= 0.6 is 0 Å².